The van der Waals surface area contributed by atoms with Crippen molar-refractivity contribution >= 4 is 22.3 Å². The van der Waals surface area contributed by atoms with Crippen LogP contribution < -0.4 is 21.3 Å². The number of nitrogen functional groups attached to an aromatic ring is 1. The van der Waals surface area contributed by atoms with Crippen LogP contribution in [0.2, 0.25) is 0 Å². The maximum Gasteiger partial charge on any atom is 0.295 e. The number of anilines is 2. The van der Waals surface area contributed by atoms with E-state index in [0.29, 0.717) is 30.0 Å². The summed E-state index contributed by atoms with van der Waals surface area (Å²) in [5.41, 5.74) is 8.05. The van der Waals surface area contributed by atoms with E-state index in [-0.39, 0.29) is 12.1 Å². The normalized spacial score (nSPS) is 19.7. The molecule has 0 saturated heterocycles. The molecule has 4 rings (SSSR count). The van der Waals surface area contributed by atoms with E-state index < -0.39 is 6.29 Å². The van der Waals surface area contributed by atoms with Gasteiger partial charge in [0.15, 0.2) is 6.29 Å². The van der Waals surface area contributed by atoms with Crippen LogP contribution in [0.15, 0.2) is 23.0 Å². The van der Waals surface area contributed by atoms with Crippen molar-refractivity contribution in [2.45, 2.75) is 38.1 Å². The molecule has 7 nitrogen and oxygen atoms in total. The van der Waals surface area contributed by atoms with Crippen molar-refractivity contribution in [1.29, 1.82) is 0 Å². The highest BCUT2D eigenvalue weighted by molar-refractivity contribution is 5.96. The van der Waals surface area contributed by atoms with E-state index in [4.69, 9.17) is 19.9 Å². The Morgan fingerprint density at radius 1 is 1.31 bits per heavy atom. The van der Waals surface area contributed by atoms with Gasteiger partial charge in [0.2, 0.25) is 5.75 Å². The van der Waals surface area contributed by atoms with Crippen molar-refractivity contribution in [3.63, 3.8) is 0 Å². The monoisotopic (exact) mass is 359 g/mol. The highest BCUT2D eigenvalue weighted by Gasteiger charge is 2.34. The van der Waals surface area contributed by atoms with Crippen LogP contribution in [0, 0.1) is 5.92 Å². The average Bonchev–Trinajstić information content (AvgIpc) is 3.48. The van der Waals surface area contributed by atoms with Crippen molar-refractivity contribution in [3.05, 3.63) is 28.6 Å². The number of nitrogens with zero attached hydrogens (tertiary/aromatic N) is 1. The van der Waals surface area contributed by atoms with Crippen molar-refractivity contribution in [2.24, 2.45) is 5.92 Å². The Bertz CT molecular complexity index is 871. The van der Waals surface area contributed by atoms with Gasteiger partial charge in [0, 0.05) is 37.8 Å². The molecule has 1 aromatic carbocycles. The van der Waals surface area contributed by atoms with Crippen LogP contribution in [0.5, 0.6) is 5.75 Å². The van der Waals surface area contributed by atoms with Crippen molar-refractivity contribution < 1.29 is 14.2 Å². The molecule has 1 aromatic heterocycles. The predicted octanol–water partition coefficient (Wildman–Crippen LogP) is 2.18. The Morgan fingerprint density at radius 2 is 2.08 bits per heavy atom. The quantitative estimate of drug-likeness (QED) is 0.628. The summed E-state index contributed by atoms with van der Waals surface area (Å²) in [6.07, 6.45) is 2.83. The Labute approximate surface area is 152 Å². The lowest BCUT2D eigenvalue weighted by Crippen LogP contribution is -2.30. The van der Waals surface area contributed by atoms with E-state index in [1.165, 1.54) is 12.8 Å². The van der Waals surface area contributed by atoms with Crippen molar-refractivity contribution in [2.75, 3.05) is 31.9 Å². The number of nitrogens with one attached hydrogen (secondary N) is 1. The van der Waals surface area contributed by atoms with E-state index in [1.807, 2.05) is 12.1 Å². The van der Waals surface area contributed by atoms with Gasteiger partial charge in [-0.1, -0.05) is 0 Å². The van der Waals surface area contributed by atoms with Gasteiger partial charge >= 0.3 is 0 Å². The minimum absolute atomic E-state index is 0.180. The third-order valence-electron chi connectivity index (χ3n) is 5.30. The number of benzene rings is 1. The topological polar surface area (TPSA) is 87.7 Å². The number of hydrogen-bond acceptors (Lipinski definition) is 6. The summed E-state index contributed by atoms with van der Waals surface area (Å²) in [4.78, 5) is 13.2. The molecular weight excluding hydrogens is 334 g/mol. The number of aromatic nitrogens is 1. The van der Waals surface area contributed by atoms with E-state index >= 15 is 0 Å². The Balaban J connectivity index is 1.90. The minimum Gasteiger partial charge on any atom is -0.486 e. The molecule has 7 heteroatoms. The zero-order chi connectivity index (χ0) is 18.3. The lowest BCUT2D eigenvalue weighted by atomic mass is 10.1. The van der Waals surface area contributed by atoms with Gasteiger partial charge in [-0.3, -0.25) is 9.36 Å². The number of methoxy groups -OCH3 is 2. The van der Waals surface area contributed by atoms with Gasteiger partial charge in [-0.05, 0) is 37.0 Å². The van der Waals surface area contributed by atoms with E-state index in [2.05, 4.69) is 5.32 Å². The Kier molecular flexibility index (Phi) is 4.50. The number of rotatable bonds is 5. The van der Waals surface area contributed by atoms with E-state index in [0.717, 1.165) is 23.0 Å². The summed E-state index contributed by atoms with van der Waals surface area (Å²) in [5, 5.41) is 4.47. The zero-order valence-corrected chi connectivity index (χ0v) is 15.2. The molecule has 0 bridgehead atoms. The van der Waals surface area contributed by atoms with E-state index in [1.54, 1.807) is 24.9 Å². The van der Waals surface area contributed by atoms with Crippen LogP contribution in [0.1, 0.15) is 19.3 Å². The van der Waals surface area contributed by atoms with Crippen LogP contribution in [-0.2, 0) is 16.0 Å². The average molecular weight is 359 g/mol. The lowest BCUT2D eigenvalue weighted by molar-refractivity contribution is -0.110. The second kappa shape index (κ2) is 6.81. The standard InChI is InChI=1S/C19H25N3O4/c1-24-16(25-2)10-22-15-6-5-12(20)9-13(15)17-18(19(22)23)26-8-7-14(21-17)11-3-4-11/h5-6,9,11,14,16,21H,3-4,7-8,10,20H2,1-2H3. The van der Waals surface area contributed by atoms with Gasteiger partial charge in [-0.25, -0.2) is 0 Å². The maximum atomic E-state index is 13.2. The van der Waals surface area contributed by atoms with Gasteiger partial charge in [0.05, 0.1) is 24.4 Å². The fraction of sp³-hybridized carbons (Fsp3) is 0.526. The van der Waals surface area contributed by atoms with Crippen molar-refractivity contribution in [1.82, 2.24) is 4.57 Å². The Hall–Kier alpha value is -2.25. The number of hydrogen-bond donors (Lipinski definition) is 2. The molecule has 1 fully saturated rings. The van der Waals surface area contributed by atoms with Crippen LogP contribution in [0.4, 0.5) is 11.4 Å². The molecular formula is C19H25N3O4. The van der Waals surface area contributed by atoms with Crippen LogP contribution >= 0.6 is 0 Å². The summed E-state index contributed by atoms with van der Waals surface area (Å²) in [6, 6.07) is 5.90. The first-order valence-corrected chi connectivity index (χ1v) is 9.03. The van der Waals surface area contributed by atoms with Gasteiger partial charge < -0.3 is 25.3 Å². The zero-order valence-electron chi connectivity index (χ0n) is 15.2. The fourth-order valence-corrected chi connectivity index (χ4v) is 3.70. The second-order valence-corrected chi connectivity index (χ2v) is 7.02. The highest BCUT2D eigenvalue weighted by Crippen LogP contribution is 2.40. The molecule has 2 aliphatic rings. The minimum atomic E-state index is -0.524. The van der Waals surface area contributed by atoms with Crippen LogP contribution in [0.25, 0.3) is 10.9 Å². The summed E-state index contributed by atoms with van der Waals surface area (Å²) >= 11 is 0. The summed E-state index contributed by atoms with van der Waals surface area (Å²) in [7, 11) is 3.11. The van der Waals surface area contributed by atoms with Crippen LogP contribution in [0.3, 0.4) is 0 Å². The first-order chi connectivity index (χ1) is 12.6. The summed E-state index contributed by atoms with van der Waals surface area (Å²) < 4.78 is 18.1. The van der Waals surface area contributed by atoms with Gasteiger partial charge in [0.25, 0.3) is 5.56 Å². The summed E-state index contributed by atoms with van der Waals surface area (Å²) in [5.74, 6) is 1.02. The molecule has 2 aromatic rings. The number of ether oxygens (including phenoxy) is 3. The molecule has 140 valence electrons. The molecule has 1 atom stereocenters. The molecule has 0 radical (unpaired) electrons. The SMILES string of the molecule is COC(Cn1c(=O)c2c(c3cc(N)ccc31)NC(C1CC1)CCO2)OC. The first-order valence-electron chi connectivity index (χ1n) is 9.03. The summed E-state index contributed by atoms with van der Waals surface area (Å²) in [6.45, 7) is 0.803. The molecule has 1 unspecified atom stereocenters. The van der Waals surface area contributed by atoms with Crippen LogP contribution in [-0.4, -0.2) is 37.7 Å². The molecule has 1 aliphatic heterocycles. The molecule has 1 aliphatic carbocycles. The number of nitrogens with two attached hydrogens (primary N) is 1. The second-order valence-electron chi connectivity index (χ2n) is 7.02. The molecule has 1 saturated carbocycles. The first kappa shape index (κ1) is 17.2. The van der Waals surface area contributed by atoms with E-state index in [9.17, 15) is 4.79 Å². The number of fused-ring (bicyclic) bond motifs is 3. The highest BCUT2D eigenvalue weighted by atomic mass is 16.7. The largest absolute Gasteiger partial charge is 0.486 e. The predicted molar refractivity (Wildman–Crippen MR) is 101 cm³/mol. The van der Waals surface area contributed by atoms with Gasteiger partial charge in [-0.15, -0.1) is 0 Å². The molecule has 0 spiro atoms. The molecule has 3 N–H and O–H groups in total. The number of pyridine rings is 1. The molecule has 2 heterocycles. The Morgan fingerprint density at radius 3 is 2.77 bits per heavy atom. The van der Waals surface area contributed by atoms with Gasteiger partial charge in [-0.2, -0.15) is 0 Å². The smallest absolute Gasteiger partial charge is 0.295 e. The van der Waals surface area contributed by atoms with Gasteiger partial charge in [0.1, 0.15) is 0 Å². The molecule has 26 heavy (non-hydrogen) atoms. The molecule has 0 amide bonds. The third-order valence-corrected chi connectivity index (χ3v) is 5.30. The van der Waals surface area contributed by atoms with Crippen molar-refractivity contribution in [3.8, 4) is 5.75 Å². The fourth-order valence-electron chi connectivity index (χ4n) is 3.70. The maximum absolute atomic E-state index is 13.2. The lowest BCUT2D eigenvalue weighted by Gasteiger charge is -2.21. The third kappa shape index (κ3) is 3.01.